The maximum atomic E-state index is 6.24. The van der Waals surface area contributed by atoms with E-state index in [0.717, 1.165) is 83.2 Å². The third kappa shape index (κ3) is 5.28. The fourth-order valence-electron chi connectivity index (χ4n) is 8.21. The molecule has 11 aromatic rings. The zero-order chi connectivity index (χ0) is 36.3. The summed E-state index contributed by atoms with van der Waals surface area (Å²) in [4.78, 5) is 2.37. The highest BCUT2D eigenvalue weighted by Crippen LogP contribution is 2.44. The van der Waals surface area contributed by atoms with Crippen LogP contribution in [0.15, 0.2) is 209 Å². The molecule has 0 aliphatic carbocycles. The van der Waals surface area contributed by atoms with Crippen molar-refractivity contribution >= 4 is 71.7 Å². The van der Waals surface area contributed by atoms with Crippen LogP contribution in [0.2, 0.25) is 0 Å². The number of anilines is 3. The second-order valence-corrected chi connectivity index (χ2v) is 14.1. The Hall–Kier alpha value is -7.36. The van der Waals surface area contributed by atoms with E-state index in [-0.39, 0.29) is 0 Å². The van der Waals surface area contributed by atoms with Gasteiger partial charge in [-0.25, -0.2) is 0 Å². The molecule has 9 aromatic carbocycles. The summed E-state index contributed by atoms with van der Waals surface area (Å²) in [6, 6.07) is 71.1. The molecule has 0 N–H and O–H groups in total. The quantitative estimate of drug-likeness (QED) is 0.173. The van der Waals surface area contributed by atoms with Crippen LogP contribution < -0.4 is 4.90 Å². The second-order valence-electron chi connectivity index (χ2n) is 14.1. The van der Waals surface area contributed by atoms with Crippen molar-refractivity contribution in [1.29, 1.82) is 0 Å². The number of furan rings is 2. The molecule has 0 saturated heterocycles. The largest absolute Gasteiger partial charge is 0.456 e. The summed E-state index contributed by atoms with van der Waals surface area (Å²) in [5.74, 6) is 0. The summed E-state index contributed by atoms with van der Waals surface area (Å²) < 4.78 is 12.4. The lowest BCUT2D eigenvalue weighted by Crippen LogP contribution is -2.11. The van der Waals surface area contributed by atoms with Crippen molar-refractivity contribution in [2.75, 3.05) is 4.90 Å². The number of rotatable bonds is 6. The highest BCUT2D eigenvalue weighted by atomic mass is 16.3. The molecule has 0 bridgehead atoms. The summed E-state index contributed by atoms with van der Waals surface area (Å²) in [6.07, 6.45) is 0. The van der Waals surface area contributed by atoms with Crippen LogP contribution in [-0.4, -0.2) is 0 Å². The molecular formula is C52H33NO2. The average molecular weight is 704 g/mol. The standard InChI is InChI=1S/C52H33NO2/c1-2-12-41-35(10-1)11-9-16-42(41)36-22-28-40(29-23-36)53(39-26-20-34(21-27-39)37-24-30-46-44-14-4-7-18-49(44)55-52(46)33-37)48-17-6-3-13-43(48)38-25-31-51-47(32-38)45-15-5-8-19-50(45)54-51/h1-33H. The predicted molar refractivity (Wildman–Crippen MR) is 229 cm³/mol. The van der Waals surface area contributed by atoms with E-state index in [4.69, 9.17) is 8.83 Å². The van der Waals surface area contributed by atoms with Crippen molar-refractivity contribution < 1.29 is 8.83 Å². The first-order chi connectivity index (χ1) is 27.2. The summed E-state index contributed by atoms with van der Waals surface area (Å²) >= 11 is 0. The van der Waals surface area contributed by atoms with Crippen molar-refractivity contribution in [1.82, 2.24) is 0 Å². The summed E-state index contributed by atoms with van der Waals surface area (Å²) in [5, 5.41) is 6.99. The average Bonchev–Trinajstić information content (AvgIpc) is 3.82. The Morgan fingerprint density at radius 2 is 0.818 bits per heavy atom. The number of hydrogen-bond donors (Lipinski definition) is 0. The molecule has 3 nitrogen and oxygen atoms in total. The summed E-state index contributed by atoms with van der Waals surface area (Å²) in [7, 11) is 0. The van der Waals surface area contributed by atoms with E-state index >= 15 is 0 Å². The zero-order valence-corrected chi connectivity index (χ0v) is 29.8. The summed E-state index contributed by atoms with van der Waals surface area (Å²) in [5.41, 5.74) is 13.7. The Labute approximate surface area is 317 Å². The van der Waals surface area contributed by atoms with Gasteiger partial charge in [0.15, 0.2) is 0 Å². The highest BCUT2D eigenvalue weighted by Gasteiger charge is 2.19. The van der Waals surface area contributed by atoms with Gasteiger partial charge in [-0.2, -0.15) is 0 Å². The topological polar surface area (TPSA) is 29.5 Å². The van der Waals surface area contributed by atoms with Crippen LogP contribution in [0.25, 0.3) is 88.0 Å². The Bertz CT molecular complexity index is 3200. The van der Waals surface area contributed by atoms with Crippen molar-refractivity contribution in [2.45, 2.75) is 0 Å². The molecule has 11 rings (SSSR count). The van der Waals surface area contributed by atoms with E-state index in [0.29, 0.717) is 0 Å². The van der Waals surface area contributed by atoms with Gasteiger partial charge in [-0.3, -0.25) is 0 Å². The van der Waals surface area contributed by atoms with Crippen LogP contribution in [0, 0.1) is 0 Å². The van der Waals surface area contributed by atoms with Gasteiger partial charge < -0.3 is 13.7 Å². The molecule has 0 aliphatic heterocycles. The molecule has 0 fully saturated rings. The molecule has 0 radical (unpaired) electrons. The minimum Gasteiger partial charge on any atom is -0.456 e. The van der Waals surface area contributed by atoms with Gasteiger partial charge in [0.1, 0.15) is 22.3 Å². The number of nitrogens with zero attached hydrogens (tertiary/aromatic N) is 1. The predicted octanol–water partition coefficient (Wildman–Crippen LogP) is 15.1. The van der Waals surface area contributed by atoms with Crippen molar-refractivity contribution in [3.05, 3.63) is 200 Å². The van der Waals surface area contributed by atoms with Gasteiger partial charge in [0, 0.05) is 38.5 Å². The lowest BCUT2D eigenvalue weighted by molar-refractivity contribution is 0.668. The molecular weight excluding hydrogens is 671 g/mol. The van der Waals surface area contributed by atoms with Gasteiger partial charge in [0.05, 0.1) is 5.69 Å². The smallest absolute Gasteiger partial charge is 0.136 e. The van der Waals surface area contributed by atoms with E-state index < -0.39 is 0 Å². The van der Waals surface area contributed by atoms with Gasteiger partial charge >= 0.3 is 0 Å². The minimum absolute atomic E-state index is 0.889. The first-order valence-electron chi connectivity index (χ1n) is 18.7. The molecule has 0 aliphatic rings. The SMILES string of the molecule is c1ccc(N(c2ccc(-c3ccc4c(c3)oc3ccccc34)cc2)c2ccc(-c3cccc4ccccc34)cc2)c(-c2ccc3oc4ccccc4c3c2)c1. The third-order valence-corrected chi connectivity index (χ3v) is 10.9. The number of hydrogen-bond acceptors (Lipinski definition) is 3. The normalized spacial score (nSPS) is 11.6. The van der Waals surface area contributed by atoms with E-state index in [1.165, 1.54) is 21.9 Å². The van der Waals surface area contributed by atoms with Gasteiger partial charge in [0.2, 0.25) is 0 Å². The van der Waals surface area contributed by atoms with Crippen LogP contribution in [-0.2, 0) is 0 Å². The monoisotopic (exact) mass is 703 g/mol. The van der Waals surface area contributed by atoms with Gasteiger partial charge in [-0.15, -0.1) is 0 Å². The lowest BCUT2D eigenvalue weighted by Gasteiger charge is -2.28. The fourth-order valence-corrected chi connectivity index (χ4v) is 8.21. The van der Waals surface area contributed by atoms with E-state index in [1.807, 2.05) is 24.3 Å². The maximum absolute atomic E-state index is 6.24. The van der Waals surface area contributed by atoms with Crippen molar-refractivity contribution in [3.63, 3.8) is 0 Å². The van der Waals surface area contributed by atoms with Crippen molar-refractivity contribution in [3.8, 4) is 33.4 Å². The first kappa shape index (κ1) is 31.2. The second kappa shape index (κ2) is 12.6. The molecule has 0 saturated carbocycles. The number of fused-ring (bicyclic) bond motifs is 7. The molecule has 2 heterocycles. The first-order valence-corrected chi connectivity index (χ1v) is 18.7. The van der Waals surface area contributed by atoms with E-state index in [9.17, 15) is 0 Å². The van der Waals surface area contributed by atoms with Crippen LogP contribution in [0.4, 0.5) is 17.1 Å². The molecule has 3 heteroatoms. The number of benzene rings is 9. The zero-order valence-electron chi connectivity index (χ0n) is 29.8. The summed E-state index contributed by atoms with van der Waals surface area (Å²) in [6.45, 7) is 0. The Kier molecular flexibility index (Phi) is 7.17. The molecule has 0 unspecified atom stereocenters. The Balaban J connectivity index is 1.04. The third-order valence-electron chi connectivity index (χ3n) is 10.9. The fraction of sp³-hybridized carbons (Fsp3) is 0. The van der Waals surface area contributed by atoms with Crippen molar-refractivity contribution in [2.24, 2.45) is 0 Å². The number of para-hydroxylation sites is 3. The Morgan fingerprint density at radius 3 is 1.60 bits per heavy atom. The van der Waals surface area contributed by atoms with Gasteiger partial charge in [0.25, 0.3) is 0 Å². The van der Waals surface area contributed by atoms with Gasteiger partial charge in [-0.1, -0.05) is 133 Å². The lowest BCUT2D eigenvalue weighted by atomic mass is 9.97. The van der Waals surface area contributed by atoms with Crippen LogP contribution in [0.1, 0.15) is 0 Å². The molecule has 258 valence electrons. The molecule has 2 aromatic heterocycles. The van der Waals surface area contributed by atoms with Crippen LogP contribution >= 0.6 is 0 Å². The van der Waals surface area contributed by atoms with Crippen LogP contribution in [0.3, 0.4) is 0 Å². The molecule has 0 amide bonds. The molecule has 0 atom stereocenters. The maximum Gasteiger partial charge on any atom is 0.136 e. The Morgan fingerprint density at radius 1 is 0.291 bits per heavy atom. The van der Waals surface area contributed by atoms with E-state index in [2.05, 4.69) is 181 Å². The van der Waals surface area contributed by atoms with Crippen LogP contribution in [0.5, 0.6) is 0 Å². The molecule has 55 heavy (non-hydrogen) atoms. The highest BCUT2D eigenvalue weighted by molar-refractivity contribution is 6.08. The minimum atomic E-state index is 0.889. The van der Waals surface area contributed by atoms with E-state index in [1.54, 1.807) is 0 Å². The molecule has 0 spiro atoms. The van der Waals surface area contributed by atoms with Gasteiger partial charge in [-0.05, 0) is 105 Å².